The Balaban J connectivity index is 0. The number of hydrogen-bond donors (Lipinski definition) is 0. The minimum atomic E-state index is -1.46. The second-order valence-electron chi connectivity index (χ2n) is 5.17. The summed E-state index contributed by atoms with van der Waals surface area (Å²) < 4.78 is 0. The van der Waals surface area contributed by atoms with Gasteiger partial charge in [-0.1, -0.05) is 0 Å². The fourth-order valence-electron chi connectivity index (χ4n) is 1.92. The molecule has 0 aliphatic rings. The summed E-state index contributed by atoms with van der Waals surface area (Å²) in [6, 6.07) is 1.54. The molecular weight excluding hydrogens is 482 g/mol. The van der Waals surface area contributed by atoms with Crippen LogP contribution >= 0.6 is 0 Å². The summed E-state index contributed by atoms with van der Waals surface area (Å²) in [7, 11) is 0. The number of benzene rings is 2. The molecule has 0 bridgehead atoms. The van der Waals surface area contributed by atoms with Crippen LogP contribution in [0.2, 0.25) is 0 Å². The van der Waals surface area contributed by atoms with E-state index >= 15 is 0 Å². The van der Waals surface area contributed by atoms with Crippen LogP contribution < -0.4 is 58.6 Å². The van der Waals surface area contributed by atoms with Gasteiger partial charge in [0.15, 0.2) is 0 Å². The Kier molecular flexibility index (Phi) is 12.2. The fourth-order valence-corrected chi connectivity index (χ4v) is 1.92. The van der Waals surface area contributed by atoms with Crippen molar-refractivity contribution in [3.8, 4) is 11.5 Å². The summed E-state index contributed by atoms with van der Waals surface area (Å²) in [5, 5.41) is 84.2. The van der Waals surface area contributed by atoms with Crippen molar-refractivity contribution in [3.63, 3.8) is 0 Å². The quantitative estimate of drug-likeness (QED) is 0.210. The first-order valence-electron chi connectivity index (χ1n) is 7.25. The summed E-state index contributed by atoms with van der Waals surface area (Å²) in [6.45, 7) is 0. The van der Waals surface area contributed by atoms with Gasteiger partial charge in [0.2, 0.25) is 0 Å². The van der Waals surface area contributed by atoms with E-state index in [2.05, 4.69) is 0 Å². The summed E-state index contributed by atoms with van der Waals surface area (Å²) in [5.41, 5.74) is -6.53. The molecule has 0 saturated carbocycles. The minimum absolute atomic E-state index is 0. The Labute approximate surface area is 218 Å². The van der Waals surface area contributed by atoms with Gasteiger partial charge in [-0.05, 0) is 0 Å². The topological polar surface area (TPSA) is 305 Å². The molecule has 0 aliphatic heterocycles. The molecule has 0 fully saturated rings. The van der Waals surface area contributed by atoms with E-state index in [9.17, 15) is 70.9 Å². The van der Waals surface area contributed by atoms with Crippen LogP contribution in [0.5, 0.6) is 11.5 Å². The first-order valence-corrected chi connectivity index (χ1v) is 7.25. The van der Waals surface area contributed by atoms with Gasteiger partial charge in [-0.3, -0.25) is 60.7 Å². The fraction of sp³-hybridized carbons (Fsp3) is 0. The number of nitrogens with zero attached hydrogens (tertiary/aromatic N) is 6. The molecular formula is C12H4LiN6NaO14. The smallest absolute Gasteiger partial charge is 0.863 e. The van der Waals surface area contributed by atoms with Crippen LogP contribution in [0.3, 0.4) is 0 Å². The van der Waals surface area contributed by atoms with Crippen molar-refractivity contribution in [1.82, 2.24) is 0 Å². The molecule has 0 atom stereocenters. The molecule has 168 valence electrons. The Morgan fingerprint density at radius 1 is 0.441 bits per heavy atom. The third kappa shape index (κ3) is 7.57. The van der Waals surface area contributed by atoms with Crippen molar-refractivity contribution < 1.29 is 88.2 Å². The molecule has 0 saturated heterocycles. The second-order valence-corrected chi connectivity index (χ2v) is 5.17. The zero-order chi connectivity index (χ0) is 24.9. The first kappa shape index (κ1) is 32.2. The van der Waals surface area contributed by atoms with Crippen molar-refractivity contribution in [2.45, 2.75) is 0 Å². The molecule has 34 heavy (non-hydrogen) atoms. The van der Waals surface area contributed by atoms with E-state index in [1.54, 1.807) is 0 Å². The molecule has 0 aliphatic carbocycles. The predicted molar refractivity (Wildman–Crippen MR) is 91.7 cm³/mol. The van der Waals surface area contributed by atoms with Crippen LogP contribution in [0.15, 0.2) is 24.3 Å². The standard InChI is InChI=1S/2C6H3N3O7.Li.Na/c2*10-6-4(8(13)14)1-3(7(11)12)2-5(6)9(15)16;;/h2*1-2,10H;;/q;;2*+1/p-2. The minimum Gasteiger partial charge on any atom is -0.863 e. The molecule has 0 amide bonds. The van der Waals surface area contributed by atoms with Gasteiger partial charge < -0.3 is 10.2 Å². The van der Waals surface area contributed by atoms with E-state index in [1.165, 1.54) is 0 Å². The zero-order valence-electron chi connectivity index (χ0n) is 16.7. The summed E-state index contributed by atoms with van der Waals surface area (Å²) in [5.74, 6) is -2.92. The van der Waals surface area contributed by atoms with Crippen LogP contribution in [-0.2, 0) is 0 Å². The van der Waals surface area contributed by atoms with Crippen molar-refractivity contribution in [2.24, 2.45) is 0 Å². The van der Waals surface area contributed by atoms with Crippen LogP contribution in [-0.4, -0.2) is 29.5 Å². The van der Waals surface area contributed by atoms with E-state index in [4.69, 9.17) is 0 Å². The van der Waals surface area contributed by atoms with Crippen molar-refractivity contribution in [1.29, 1.82) is 0 Å². The van der Waals surface area contributed by atoms with Crippen LogP contribution in [0.25, 0.3) is 0 Å². The maximum atomic E-state index is 11.1. The Morgan fingerprint density at radius 3 is 0.735 bits per heavy atom. The average molecular weight is 486 g/mol. The van der Waals surface area contributed by atoms with Crippen molar-refractivity contribution >= 4 is 34.1 Å². The van der Waals surface area contributed by atoms with E-state index in [0.717, 1.165) is 0 Å². The summed E-state index contributed by atoms with van der Waals surface area (Å²) in [4.78, 5) is 55.0. The third-order valence-electron chi connectivity index (χ3n) is 3.28. The number of nitro groups is 6. The second kappa shape index (κ2) is 12.9. The largest absolute Gasteiger partial charge is 1.00 e. The van der Waals surface area contributed by atoms with Crippen molar-refractivity contribution in [3.05, 3.63) is 85.0 Å². The Morgan fingerprint density at radius 2 is 0.618 bits per heavy atom. The SMILES string of the molecule is O=[N+]([O-])c1cc([N+](=O)[O-])c([O-])c([N+](=O)[O-])c1.O=[N+]([O-])c1cc([N+](=O)[O-])c([O-])c([N+](=O)[O-])c1.[Li+].[Na+]. The van der Waals surface area contributed by atoms with Crippen LogP contribution in [0, 0.1) is 60.7 Å². The molecule has 0 spiro atoms. The molecule has 0 heterocycles. The van der Waals surface area contributed by atoms with E-state index < -0.39 is 75.2 Å². The van der Waals surface area contributed by atoms with Gasteiger partial charge in [0.1, 0.15) is 0 Å². The molecule has 20 nitrogen and oxygen atoms in total. The Bertz CT molecular complexity index is 1030. The number of nitro benzene ring substituents is 6. The molecule has 2 aromatic rings. The molecule has 0 N–H and O–H groups in total. The molecule has 2 rings (SSSR count). The normalized spacial score (nSPS) is 9.18. The van der Waals surface area contributed by atoms with Gasteiger partial charge in [0.05, 0.1) is 65.3 Å². The zero-order valence-corrected chi connectivity index (χ0v) is 18.7. The van der Waals surface area contributed by atoms with Crippen molar-refractivity contribution in [2.75, 3.05) is 0 Å². The van der Waals surface area contributed by atoms with Crippen LogP contribution in [0.4, 0.5) is 34.1 Å². The van der Waals surface area contributed by atoms with Gasteiger partial charge in [0, 0.05) is 0 Å². The molecule has 0 aromatic heterocycles. The van der Waals surface area contributed by atoms with Gasteiger partial charge in [-0.2, -0.15) is 0 Å². The molecule has 2 aromatic carbocycles. The monoisotopic (exact) mass is 486 g/mol. The third-order valence-corrected chi connectivity index (χ3v) is 3.28. The maximum Gasteiger partial charge on any atom is 1.00 e. The average Bonchev–Trinajstić information content (AvgIpc) is 2.67. The number of non-ortho nitro benzene ring substituents is 2. The van der Waals surface area contributed by atoms with Gasteiger partial charge in [-0.15, -0.1) is 0 Å². The predicted octanol–water partition coefficient (Wildman–Crippen LogP) is -5.02. The maximum absolute atomic E-state index is 11.1. The van der Waals surface area contributed by atoms with Gasteiger partial charge >= 0.3 is 48.4 Å². The summed E-state index contributed by atoms with van der Waals surface area (Å²) >= 11 is 0. The number of rotatable bonds is 6. The van der Waals surface area contributed by atoms with E-state index in [0.29, 0.717) is 24.3 Å². The molecule has 0 unspecified atom stereocenters. The van der Waals surface area contributed by atoms with E-state index in [1.807, 2.05) is 0 Å². The molecule has 0 radical (unpaired) electrons. The van der Waals surface area contributed by atoms with Crippen LogP contribution in [0.1, 0.15) is 0 Å². The van der Waals surface area contributed by atoms with E-state index in [-0.39, 0.29) is 48.4 Å². The van der Waals surface area contributed by atoms with Gasteiger partial charge in [0.25, 0.3) is 34.1 Å². The Hall–Kier alpha value is -3.96. The number of hydrogen-bond acceptors (Lipinski definition) is 14. The first-order chi connectivity index (χ1) is 14.7. The molecule has 22 heteroatoms. The van der Waals surface area contributed by atoms with Gasteiger partial charge in [-0.25, -0.2) is 0 Å². The summed E-state index contributed by atoms with van der Waals surface area (Å²) in [6.07, 6.45) is 0.